The Kier molecular flexibility index (Phi) is 4.05. The van der Waals surface area contributed by atoms with Gasteiger partial charge in [-0.15, -0.1) is 0 Å². The normalized spacial score (nSPS) is 10.3. The van der Waals surface area contributed by atoms with Gasteiger partial charge in [-0.05, 0) is 18.2 Å². The molecule has 1 aromatic heterocycles. The zero-order valence-electron chi connectivity index (χ0n) is 10.6. The monoisotopic (exact) mass is 294 g/mol. The Bertz CT molecular complexity index is 666. The van der Waals surface area contributed by atoms with Crippen molar-refractivity contribution in [2.24, 2.45) is 7.05 Å². The summed E-state index contributed by atoms with van der Waals surface area (Å²) in [5.74, 6) is 0.120. The van der Waals surface area contributed by atoms with Crippen molar-refractivity contribution in [2.45, 2.75) is 0 Å². The molecule has 0 radical (unpaired) electrons. The molecule has 0 saturated heterocycles. The number of Topliss-reactive ketones (excluding diaryl/α,β-unsaturated/α-hetero) is 1. The number of hydrogen-bond donors (Lipinski definition) is 0. The molecule has 0 atom stereocenters. The Hall–Kier alpha value is -2.34. The van der Waals surface area contributed by atoms with Crippen molar-refractivity contribution in [2.75, 3.05) is 6.61 Å². The maximum absolute atomic E-state index is 11.9. The highest BCUT2D eigenvalue weighted by Crippen LogP contribution is 2.28. The van der Waals surface area contributed by atoms with Crippen LogP contribution in [0.3, 0.4) is 0 Å². The van der Waals surface area contributed by atoms with Crippen LogP contribution in [0.15, 0.2) is 36.5 Å². The van der Waals surface area contributed by atoms with Crippen molar-refractivity contribution in [3.8, 4) is 5.75 Å². The predicted molar refractivity (Wildman–Crippen MR) is 73.3 cm³/mol. The van der Waals surface area contributed by atoms with Gasteiger partial charge in [-0.25, -0.2) is 0 Å². The largest absolute Gasteiger partial charge is 0.485 e. The fraction of sp³-hybridized carbons (Fsp3) is 0.154. The van der Waals surface area contributed by atoms with Gasteiger partial charge in [0.05, 0.1) is 10.6 Å². The second-order valence-corrected chi connectivity index (χ2v) is 4.49. The molecule has 0 unspecified atom stereocenters. The number of carbonyl (C=O) groups is 1. The first-order valence-corrected chi connectivity index (χ1v) is 6.08. The van der Waals surface area contributed by atoms with Gasteiger partial charge in [0.2, 0.25) is 5.78 Å². The third-order valence-electron chi connectivity index (χ3n) is 2.72. The number of ketones is 1. The first-order valence-electron chi connectivity index (χ1n) is 5.70. The van der Waals surface area contributed by atoms with Crippen molar-refractivity contribution in [1.29, 1.82) is 0 Å². The molecular formula is C13H11ClN2O4. The number of ether oxygens (including phenoxy) is 1. The second kappa shape index (κ2) is 5.75. The predicted octanol–water partition coefficient (Wildman–Crippen LogP) is 2.85. The lowest BCUT2D eigenvalue weighted by Crippen LogP contribution is -2.14. The van der Waals surface area contributed by atoms with Crippen LogP contribution in [0.25, 0.3) is 0 Å². The van der Waals surface area contributed by atoms with E-state index in [9.17, 15) is 14.9 Å². The van der Waals surface area contributed by atoms with Crippen molar-refractivity contribution in [3.05, 3.63) is 57.4 Å². The zero-order chi connectivity index (χ0) is 14.7. The van der Waals surface area contributed by atoms with E-state index in [0.29, 0.717) is 11.4 Å². The number of carbonyl (C=O) groups excluding carboxylic acids is 1. The summed E-state index contributed by atoms with van der Waals surface area (Å²) in [7, 11) is 1.76. The molecule has 0 spiro atoms. The number of hydrogen-bond acceptors (Lipinski definition) is 4. The summed E-state index contributed by atoms with van der Waals surface area (Å²) >= 11 is 5.75. The van der Waals surface area contributed by atoms with Crippen molar-refractivity contribution < 1.29 is 14.5 Å². The third-order valence-corrected chi connectivity index (χ3v) is 3.02. The Morgan fingerprint density at radius 3 is 2.75 bits per heavy atom. The van der Waals surface area contributed by atoms with Gasteiger partial charge in [0.15, 0.2) is 6.61 Å². The van der Waals surface area contributed by atoms with E-state index < -0.39 is 4.92 Å². The molecule has 0 bridgehead atoms. The van der Waals surface area contributed by atoms with E-state index in [1.165, 1.54) is 18.2 Å². The van der Waals surface area contributed by atoms with E-state index in [-0.39, 0.29) is 23.1 Å². The van der Waals surface area contributed by atoms with Gasteiger partial charge < -0.3 is 9.30 Å². The number of aromatic nitrogens is 1. The van der Waals surface area contributed by atoms with Crippen LogP contribution in [0.4, 0.5) is 5.69 Å². The Labute approximate surface area is 119 Å². The zero-order valence-corrected chi connectivity index (χ0v) is 11.3. The Balaban J connectivity index is 2.05. The van der Waals surface area contributed by atoms with Crippen molar-refractivity contribution in [1.82, 2.24) is 4.57 Å². The minimum Gasteiger partial charge on any atom is -0.485 e. The van der Waals surface area contributed by atoms with Crippen molar-refractivity contribution >= 4 is 23.1 Å². The van der Waals surface area contributed by atoms with Crippen LogP contribution in [-0.2, 0) is 7.05 Å². The van der Waals surface area contributed by atoms with Crippen LogP contribution in [0.5, 0.6) is 5.75 Å². The minimum atomic E-state index is -0.582. The number of rotatable bonds is 5. The topological polar surface area (TPSA) is 74.4 Å². The van der Waals surface area contributed by atoms with E-state index in [4.69, 9.17) is 16.3 Å². The fourth-order valence-electron chi connectivity index (χ4n) is 1.70. The quantitative estimate of drug-likeness (QED) is 0.483. The van der Waals surface area contributed by atoms with Gasteiger partial charge in [0.25, 0.3) is 5.69 Å². The Morgan fingerprint density at radius 2 is 2.20 bits per heavy atom. The summed E-state index contributed by atoms with van der Waals surface area (Å²) in [5, 5.41) is 10.6. The van der Waals surface area contributed by atoms with Gasteiger partial charge in [-0.3, -0.25) is 14.9 Å². The first-order chi connectivity index (χ1) is 9.49. The molecule has 2 aromatic rings. The number of aryl methyl sites for hydroxylation is 1. The fourth-order valence-corrected chi connectivity index (χ4v) is 1.94. The van der Waals surface area contributed by atoms with Crippen LogP contribution in [0.1, 0.15) is 10.5 Å². The highest BCUT2D eigenvalue weighted by atomic mass is 35.5. The summed E-state index contributed by atoms with van der Waals surface area (Å²) in [6.45, 7) is -0.161. The van der Waals surface area contributed by atoms with E-state index in [1.807, 2.05) is 0 Å². The second-order valence-electron chi connectivity index (χ2n) is 4.09. The van der Waals surface area contributed by atoms with Crippen LogP contribution >= 0.6 is 11.6 Å². The van der Waals surface area contributed by atoms with E-state index in [2.05, 4.69) is 0 Å². The molecule has 0 saturated carbocycles. The molecule has 1 aromatic carbocycles. The van der Waals surface area contributed by atoms with Crippen LogP contribution < -0.4 is 4.74 Å². The molecule has 0 aliphatic rings. The highest BCUT2D eigenvalue weighted by molar-refractivity contribution is 6.32. The van der Waals surface area contributed by atoms with Crippen molar-refractivity contribution in [3.63, 3.8) is 0 Å². The molecule has 0 aliphatic heterocycles. The lowest BCUT2D eigenvalue weighted by Gasteiger charge is -2.06. The molecule has 0 fully saturated rings. The minimum absolute atomic E-state index is 0.0289. The molecule has 0 N–H and O–H groups in total. The van der Waals surface area contributed by atoms with Gasteiger partial charge in [-0.1, -0.05) is 11.6 Å². The third kappa shape index (κ3) is 2.97. The molecule has 20 heavy (non-hydrogen) atoms. The lowest BCUT2D eigenvalue weighted by molar-refractivity contribution is -0.384. The van der Waals surface area contributed by atoms with Gasteiger partial charge >= 0.3 is 0 Å². The highest BCUT2D eigenvalue weighted by Gasteiger charge is 2.14. The summed E-state index contributed by atoms with van der Waals surface area (Å²) in [6, 6.07) is 7.41. The maximum Gasteiger partial charge on any atom is 0.288 e. The molecule has 0 aliphatic carbocycles. The standard InChI is InChI=1S/C13H11ClN2O4/c1-15-6-2-3-12(15)13(17)8-20-9-4-5-11(16(18)19)10(14)7-9/h2-7H,8H2,1H3. The number of nitrogens with zero attached hydrogens (tertiary/aromatic N) is 2. The Morgan fingerprint density at radius 1 is 1.45 bits per heavy atom. The first kappa shape index (κ1) is 14.1. The van der Waals surface area contributed by atoms with Gasteiger partial charge in [0, 0.05) is 25.4 Å². The molecule has 1 heterocycles. The van der Waals surface area contributed by atoms with E-state index in [0.717, 1.165) is 0 Å². The van der Waals surface area contributed by atoms with E-state index >= 15 is 0 Å². The average molecular weight is 295 g/mol. The van der Waals surface area contributed by atoms with Gasteiger partial charge in [0.1, 0.15) is 10.8 Å². The molecular weight excluding hydrogens is 284 g/mol. The SMILES string of the molecule is Cn1cccc1C(=O)COc1ccc([N+](=O)[O-])c(Cl)c1. The van der Waals surface area contributed by atoms with Crippen LogP contribution in [-0.4, -0.2) is 21.9 Å². The molecule has 0 amide bonds. The average Bonchev–Trinajstić information content (AvgIpc) is 2.82. The molecule has 104 valence electrons. The summed E-state index contributed by atoms with van der Waals surface area (Å²) in [4.78, 5) is 21.9. The van der Waals surface area contributed by atoms with Gasteiger partial charge in [-0.2, -0.15) is 0 Å². The van der Waals surface area contributed by atoms with E-state index in [1.54, 1.807) is 29.9 Å². The summed E-state index contributed by atoms with van der Waals surface area (Å²) in [6.07, 6.45) is 1.76. The lowest BCUT2D eigenvalue weighted by atomic mass is 10.3. The number of halogens is 1. The number of benzene rings is 1. The van der Waals surface area contributed by atoms with Crippen LogP contribution in [0, 0.1) is 10.1 Å². The number of nitro benzene ring substituents is 1. The molecule has 7 heteroatoms. The maximum atomic E-state index is 11.9. The smallest absolute Gasteiger partial charge is 0.288 e. The summed E-state index contributed by atoms with van der Waals surface area (Å²) < 4.78 is 6.98. The van der Waals surface area contributed by atoms with Crippen LogP contribution in [0.2, 0.25) is 5.02 Å². The summed E-state index contributed by atoms with van der Waals surface area (Å²) in [5.41, 5.74) is 0.325. The molecule has 2 rings (SSSR count). The molecule has 6 nitrogen and oxygen atoms in total. The number of nitro groups is 1.